The molecule has 0 aliphatic carbocycles. The van der Waals surface area contributed by atoms with Gasteiger partial charge in [0.25, 0.3) is 0 Å². The third kappa shape index (κ3) is 2.75. The van der Waals surface area contributed by atoms with Crippen LogP contribution in [0.25, 0.3) is 0 Å². The fourth-order valence-corrected chi connectivity index (χ4v) is 1.54. The van der Waals surface area contributed by atoms with Crippen molar-refractivity contribution >= 4 is 0 Å². The summed E-state index contributed by atoms with van der Waals surface area (Å²) in [7, 11) is 0. The lowest BCUT2D eigenvalue weighted by atomic mass is 10.2. The summed E-state index contributed by atoms with van der Waals surface area (Å²) in [6.07, 6.45) is 0.402. The van der Waals surface area contributed by atoms with E-state index in [2.05, 4.69) is 11.8 Å². The quantitative estimate of drug-likeness (QED) is 0.657. The molecule has 0 aromatic heterocycles. The second kappa shape index (κ2) is 4.02. The molecule has 2 atom stereocenters. The van der Waals surface area contributed by atoms with Gasteiger partial charge in [-0.25, -0.2) is 4.39 Å². The van der Waals surface area contributed by atoms with Crippen molar-refractivity contribution in [3.63, 3.8) is 0 Å². The number of rotatable bonds is 3. The minimum Gasteiger partial charge on any atom is -0.389 e. The van der Waals surface area contributed by atoms with Crippen molar-refractivity contribution in [3.05, 3.63) is 0 Å². The van der Waals surface area contributed by atoms with Crippen LogP contribution in [0.3, 0.4) is 0 Å². The SMILES string of the molecule is CC1CCN(CC(O)CF)C1. The molecule has 1 aliphatic heterocycles. The summed E-state index contributed by atoms with van der Waals surface area (Å²) in [4.78, 5) is 2.12. The molecule has 0 saturated carbocycles. The van der Waals surface area contributed by atoms with Gasteiger partial charge < -0.3 is 10.0 Å². The lowest BCUT2D eigenvalue weighted by Gasteiger charge is -2.17. The van der Waals surface area contributed by atoms with Gasteiger partial charge in [0, 0.05) is 13.1 Å². The summed E-state index contributed by atoms with van der Waals surface area (Å²) in [5, 5.41) is 8.99. The van der Waals surface area contributed by atoms with Gasteiger partial charge in [0.15, 0.2) is 0 Å². The first-order chi connectivity index (χ1) is 5.22. The number of likely N-dealkylation sites (tertiary alicyclic amines) is 1. The van der Waals surface area contributed by atoms with E-state index in [4.69, 9.17) is 5.11 Å². The Hall–Kier alpha value is -0.150. The molecule has 0 bridgehead atoms. The molecule has 66 valence electrons. The maximum Gasteiger partial charge on any atom is 0.117 e. The normalized spacial score (nSPS) is 29.2. The molecule has 1 rings (SSSR count). The molecular weight excluding hydrogens is 145 g/mol. The van der Waals surface area contributed by atoms with Crippen LogP contribution in [0.15, 0.2) is 0 Å². The van der Waals surface area contributed by atoms with E-state index in [-0.39, 0.29) is 0 Å². The monoisotopic (exact) mass is 161 g/mol. The van der Waals surface area contributed by atoms with Crippen molar-refractivity contribution in [3.8, 4) is 0 Å². The van der Waals surface area contributed by atoms with Crippen molar-refractivity contribution in [1.29, 1.82) is 0 Å². The summed E-state index contributed by atoms with van der Waals surface area (Å²) in [5.74, 6) is 0.710. The molecule has 1 N–H and O–H groups in total. The number of halogens is 1. The van der Waals surface area contributed by atoms with E-state index in [9.17, 15) is 4.39 Å². The van der Waals surface area contributed by atoms with E-state index >= 15 is 0 Å². The molecule has 0 aromatic carbocycles. The maximum absolute atomic E-state index is 11.9. The number of hydrogen-bond acceptors (Lipinski definition) is 2. The van der Waals surface area contributed by atoms with Gasteiger partial charge in [-0.3, -0.25) is 0 Å². The highest BCUT2D eigenvalue weighted by molar-refractivity contribution is 4.74. The summed E-state index contributed by atoms with van der Waals surface area (Å²) < 4.78 is 11.9. The first kappa shape index (κ1) is 8.94. The standard InChI is InChI=1S/C8H16FNO/c1-7-2-3-10(5-7)6-8(11)4-9/h7-8,11H,2-6H2,1H3. The van der Waals surface area contributed by atoms with Gasteiger partial charge in [-0.1, -0.05) is 6.92 Å². The van der Waals surface area contributed by atoms with Crippen molar-refractivity contribution < 1.29 is 9.50 Å². The summed E-state index contributed by atoms with van der Waals surface area (Å²) >= 11 is 0. The molecule has 1 heterocycles. The fraction of sp³-hybridized carbons (Fsp3) is 1.00. The Morgan fingerprint density at radius 3 is 2.91 bits per heavy atom. The second-order valence-electron chi connectivity index (χ2n) is 3.46. The Kier molecular flexibility index (Phi) is 3.27. The number of β-amino-alcohol motifs (C(OH)–C–C–N with tert-alkyl or cyclic N) is 1. The number of aliphatic hydroxyl groups is 1. The zero-order valence-corrected chi connectivity index (χ0v) is 6.96. The predicted molar refractivity (Wildman–Crippen MR) is 42.2 cm³/mol. The molecular formula is C8H16FNO. The van der Waals surface area contributed by atoms with Crippen molar-refractivity contribution in [2.24, 2.45) is 5.92 Å². The van der Waals surface area contributed by atoms with Crippen LogP contribution >= 0.6 is 0 Å². The van der Waals surface area contributed by atoms with E-state index in [1.807, 2.05) is 0 Å². The Labute approximate surface area is 67.0 Å². The molecule has 0 spiro atoms. The van der Waals surface area contributed by atoms with Gasteiger partial charge in [-0.05, 0) is 18.9 Å². The molecule has 3 heteroatoms. The lowest BCUT2D eigenvalue weighted by Crippen LogP contribution is -2.31. The summed E-state index contributed by atoms with van der Waals surface area (Å²) in [6.45, 7) is 4.09. The van der Waals surface area contributed by atoms with Crippen LogP contribution in [0.1, 0.15) is 13.3 Å². The van der Waals surface area contributed by atoms with Crippen LogP contribution < -0.4 is 0 Å². The highest BCUT2D eigenvalue weighted by Gasteiger charge is 2.20. The Balaban J connectivity index is 2.17. The predicted octanol–water partition coefficient (Wildman–Crippen LogP) is 0.659. The average Bonchev–Trinajstić information content (AvgIpc) is 2.35. The van der Waals surface area contributed by atoms with Crippen molar-refractivity contribution in [2.45, 2.75) is 19.4 Å². The second-order valence-corrected chi connectivity index (χ2v) is 3.46. The topological polar surface area (TPSA) is 23.5 Å². The molecule has 1 fully saturated rings. The molecule has 1 saturated heterocycles. The van der Waals surface area contributed by atoms with E-state index in [0.717, 1.165) is 13.1 Å². The first-order valence-electron chi connectivity index (χ1n) is 4.18. The number of aliphatic hydroxyl groups excluding tert-OH is 1. The van der Waals surface area contributed by atoms with Gasteiger partial charge in [0.05, 0.1) is 6.10 Å². The van der Waals surface area contributed by atoms with E-state index in [0.29, 0.717) is 12.5 Å². The molecule has 0 amide bonds. The highest BCUT2D eigenvalue weighted by atomic mass is 19.1. The molecule has 2 unspecified atom stereocenters. The van der Waals surface area contributed by atoms with Crippen LogP contribution in [0.2, 0.25) is 0 Å². The maximum atomic E-state index is 11.9. The molecule has 0 aromatic rings. The average molecular weight is 161 g/mol. The van der Waals surface area contributed by atoms with Gasteiger partial charge in [-0.15, -0.1) is 0 Å². The zero-order valence-electron chi connectivity index (χ0n) is 6.96. The summed E-state index contributed by atoms with van der Waals surface area (Å²) in [5.41, 5.74) is 0. The van der Waals surface area contributed by atoms with Crippen LogP contribution in [0.5, 0.6) is 0 Å². The lowest BCUT2D eigenvalue weighted by molar-refractivity contribution is 0.0983. The van der Waals surface area contributed by atoms with Crippen molar-refractivity contribution in [2.75, 3.05) is 26.3 Å². The number of alkyl halides is 1. The Bertz CT molecular complexity index is 121. The highest BCUT2D eigenvalue weighted by Crippen LogP contribution is 2.14. The minimum atomic E-state index is -0.778. The molecule has 2 nitrogen and oxygen atoms in total. The van der Waals surface area contributed by atoms with Crippen LogP contribution in [0.4, 0.5) is 4.39 Å². The van der Waals surface area contributed by atoms with E-state index in [1.165, 1.54) is 6.42 Å². The molecule has 1 aliphatic rings. The van der Waals surface area contributed by atoms with Crippen LogP contribution in [0, 0.1) is 5.92 Å². The van der Waals surface area contributed by atoms with Gasteiger partial charge in [0.2, 0.25) is 0 Å². The van der Waals surface area contributed by atoms with E-state index < -0.39 is 12.8 Å². The molecule has 11 heavy (non-hydrogen) atoms. The first-order valence-corrected chi connectivity index (χ1v) is 4.18. The largest absolute Gasteiger partial charge is 0.389 e. The van der Waals surface area contributed by atoms with Crippen LogP contribution in [-0.4, -0.2) is 42.4 Å². The number of nitrogens with zero attached hydrogens (tertiary/aromatic N) is 1. The van der Waals surface area contributed by atoms with Gasteiger partial charge in [-0.2, -0.15) is 0 Å². The number of hydrogen-bond donors (Lipinski definition) is 1. The van der Waals surface area contributed by atoms with E-state index in [1.54, 1.807) is 0 Å². The fourth-order valence-electron chi connectivity index (χ4n) is 1.54. The van der Waals surface area contributed by atoms with Crippen LogP contribution in [-0.2, 0) is 0 Å². The zero-order chi connectivity index (χ0) is 8.27. The molecule has 0 radical (unpaired) electrons. The van der Waals surface area contributed by atoms with Crippen molar-refractivity contribution in [1.82, 2.24) is 4.90 Å². The smallest absolute Gasteiger partial charge is 0.117 e. The Morgan fingerprint density at radius 2 is 2.45 bits per heavy atom. The minimum absolute atomic E-state index is 0.501. The third-order valence-electron chi connectivity index (χ3n) is 2.16. The Morgan fingerprint density at radius 1 is 1.73 bits per heavy atom. The third-order valence-corrected chi connectivity index (χ3v) is 2.16. The van der Waals surface area contributed by atoms with Gasteiger partial charge in [0.1, 0.15) is 6.67 Å². The van der Waals surface area contributed by atoms with Gasteiger partial charge >= 0.3 is 0 Å². The summed E-state index contributed by atoms with van der Waals surface area (Å²) in [6, 6.07) is 0.